The summed E-state index contributed by atoms with van der Waals surface area (Å²) in [6.45, 7) is 0.0813. The summed E-state index contributed by atoms with van der Waals surface area (Å²) < 4.78 is 8.16. The van der Waals surface area contributed by atoms with Crippen LogP contribution in [0.25, 0.3) is 32.9 Å². The van der Waals surface area contributed by atoms with E-state index >= 15 is 0 Å². The van der Waals surface area contributed by atoms with Crippen LogP contribution in [0.3, 0.4) is 0 Å². The molecule has 0 unspecified atom stereocenters. The van der Waals surface area contributed by atoms with E-state index in [9.17, 15) is 19.5 Å². The lowest BCUT2D eigenvalue weighted by molar-refractivity contribution is -0.137. The minimum atomic E-state index is -0.929. The molecule has 1 N–H and O–H groups in total. The van der Waals surface area contributed by atoms with Gasteiger partial charge in [0.25, 0.3) is 0 Å². The van der Waals surface area contributed by atoms with Crippen LogP contribution in [0.1, 0.15) is 18.5 Å². The number of ether oxygens (including phenoxy) is 1. The highest BCUT2D eigenvalue weighted by Crippen LogP contribution is 2.40. The molecule has 2 aromatic heterocycles. The molecule has 1 aliphatic rings. The fraction of sp³-hybridized carbons (Fsp3) is 0.200. The molecule has 2 amide bonds. The second-order valence-electron chi connectivity index (χ2n) is 7.98. The van der Waals surface area contributed by atoms with Crippen molar-refractivity contribution in [2.24, 2.45) is 0 Å². The summed E-state index contributed by atoms with van der Waals surface area (Å²) in [5.41, 5.74) is 4.12. The standard InChI is InChI=1S/C21H16Cl2N2O3.C4H4BrNO2/c1-28-11-19-21(15-6-7-24-17-9-13(23)2-4-14(15)17)16-8-12(22)3-5-18(16)25(19)10-20(26)27;5-6-3(7)1-2-4(6)8/h2-9H,10-11H2,1H3,(H,26,27);1-2H2. The smallest absolute Gasteiger partial charge is 0.323 e. The first-order valence-electron chi connectivity index (χ1n) is 10.8. The molecule has 1 fully saturated rings. The number of methoxy groups -OCH3 is 1. The van der Waals surface area contributed by atoms with Crippen molar-refractivity contribution in [1.82, 2.24) is 13.5 Å². The predicted octanol–water partition coefficient (Wildman–Crippen LogP) is 5.84. The summed E-state index contributed by atoms with van der Waals surface area (Å²) in [5.74, 6) is -1.22. The molecule has 1 saturated heterocycles. The van der Waals surface area contributed by atoms with E-state index in [2.05, 4.69) is 21.1 Å². The molecule has 36 heavy (non-hydrogen) atoms. The Morgan fingerprint density at radius 1 is 1.06 bits per heavy atom. The zero-order valence-electron chi connectivity index (χ0n) is 19.0. The number of carbonyl (C=O) groups is 3. The maximum atomic E-state index is 11.5. The number of hydrogen-bond donors (Lipinski definition) is 1. The van der Waals surface area contributed by atoms with Crippen molar-refractivity contribution in [3.8, 4) is 11.1 Å². The van der Waals surface area contributed by atoms with Crippen molar-refractivity contribution in [3.63, 3.8) is 0 Å². The Kier molecular flexibility index (Phi) is 7.94. The van der Waals surface area contributed by atoms with Crippen molar-refractivity contribution in [2.75, 3.05) is 7.11 Å². The van der Waals surface area contributed by atoms with E-state index in [-0.39, 0.29) is 25.0 Å². The molecular weight excluding hydrogens is 573 g/mol. The number of amides is 2. The molecule has 0 atom stereocenters. The van der Waals surface area contributed by atoms with Gasteiger partial charge in [-0.3, -0.25) is 19.4 Å². The van der Waals surface area contributed by atoms with Crippen molar-refractivity contribution in [3.05, 3.63) is 64.4 Å². The molecule has 2 aromatic carbocycles. The van der Waals surface area contributed by atoms with Gasteiger partial charge in [-0.2, -0.15) is 0 Å². The minimum Gasteiger partial charge on any atom is -0.480 e. The zero-order valence-corrected chi connectivity index (χ0v) is 22.1. The second-order valence-corrected chi connectivity index (χ2v) is 9.57. The van der Waals surface area contributed by atoms with Crippen LogP contribution in [0.15, 0.2) is 48.7 Å². The lowest BCUT2D eigenvalue weighted by Gasteiger charge is -2.11. The normalized spacial score (nSPS) is 13.4. The Labute approximate surface area is 224 Å². The third kappa shape index (κ3) is 5.24. The van der Waals surface area contributed by atoms with Crippen LogP contribution in [0.5, 0.6) is 0 Å². The lowest BCUT2D eigenvalue weighted by atomic mass is 9.98. The summed E-state index contributed by atoms with van der Waals surface area (Å²) in [6, 6.07) is 12.9. The average molecular weight is 593 g/mol. The van der Waals surface area contributed by atoms with Gasteiger partial charge in [0.05, 0.1) is 34.0 Å². The molecule has 1 aliphatic heterocycles. The van der Waals surface area contributed by atoms with E-state index in [4.69, 9.17) is 27.9 Å². The SMILES string of the molecule is COCc1c(-c2ccnc3cc(Cl)ccc23)c2cc(Cl)ccc2n1CC(=O)O.O=C1CCC(=O)N1Br. The van der Waals surface area contributed by atoms with Gasteiger partial charge in [0.15, 0.2) is 0 Å². The van der Waals surface area contributed by atoms with Gasteiger partial charge >= 0.3 is 5.97 Å². The van der Waals surface area contributed by atoms with Crippen molar-refractivity contribution in [2.45, 2.75) is 26.0 Å². The van der Waals surface area contributed by atoms with Crippen LogP contribution in [0.2, 0.25) is 10.0 Å². The van der Waals surface area contributed by atoms with Crippen molar-refractivity contribution < 1.29 is 24.2 Å². The number of fused-ring (bicyclic) bond motifs is 2. The van der Waals surface area contributed by atoms with Gasteiger partial charge in [-0.25, -0.2) is 3.93 Å². The van der Waals surface area contributed by atoms with E-state index in [1.54, 1.807) is 30.0 Å². The van der Waals surface area contributed by atoms with Crippen LogP contribution in [0, 0.1) is 0 Å². The number of benzene rings is 2. The fourth-order valence-corrected chi connectivity index (χ4v) is 4.86. The number of imide groups is 1. The van der Waals surface area contributed by atoms with Gasteiger partial charge in [-0.15, -0.1) is 0 Å². The summed E-state index contributed by atoms with van der Waals surface area (Å²) in [6.07, 6.45) is 2.42. The number of aliphatic carboxylic acids is 1. The molecule has 0 radical (unpaired) electrons. The van der Waals surface area contributed by atoms with Gasteiger partial charge in [0, 0.05) is 58.0 Å². The minimum absolute atomic E-state index is 0.144. The fourth-order valence-electron chi connectivity index (χ4n) is 4.17. The quantitative estimate of drug-likeness (QED) is 0.231. The van der Waals surface area contributed by atoms with Gasteiger partial charge in [0.2, 0.25) is 11.8 Å². The van der Waals surface area contributed by atoms with Gasteiger partial charge in [-0.1, -0.05) is 29.3 Å². The Bertz CT molecular complexity index is 1490. The molecule has 186 valence electrons. The van der Waals surface area contributed by atoms with E-state index in [0.717, 1.165) is 42.6 Å². The van der Waals surface area contributed by atoms with Crippen molar-refractivity contribution >= 4 is 78.9 Å². The molecule has 3 heterocycles. The van der Waals surface area contributed by atoms with Crippen LogP contribution < -0.4 is 0 Å². The Morgan fingerprint density at radius 2 is 1.72 bits per heavy atom. The first-order valence-corrected chi connectivity index (χ1v) is 12.2. The summed E-state index contributed by atoms with van der Waals surface area (Å²) in [7, 11) is 1.59. The maximum absolute atomic E-state index is 11.5. The number of aromatic nitrogens is 2. The molecule has 0 aliphatic carbocycles. The molecule has 0 saturated carbocycles. The summed E-state index contributed by atoms with van der Waals surface area (Å²) in [4.78, 5) is 36.8. The monoisotopic (exact) mass is 591 g/mol. The number of pyridine rings is 1. The molecule has 8 nitrogen and oxygen atoms in total. The zero-order chi connectivity index (χ0) is 26.0. The topological polar surface area (TPSA) is 102 Å². The summed E-state index contributed by atoms with van der Waals surface area (Å²) >= 11 is 15.2. The highest BCUT2D eigenvalue weighted by Gasteiger charge is 2.26. The molecule has 5 rings (SSSR count). The highest BCUT2D eigenvalue weighted by atomic mass is 79.9. The number of nitrogens with zero attached hydrogens (tertiary/aromatic N) is 3. The van der Waals surface area contributed by atoms with Gasteiger partial charge in [-0.05, 0) is 42.0 Å². The van der Waals surface area contributed by atoms with E-state index in [1.807, 2.05) is 30.3 Å². The number of halogens is 3. The number of carbonyl (C=O) groups excluding carboxylic acids is 2. The van der Waals surface area contributed by atoms with Crippen LogP contribution in [0.4, 0.5) is 0 Å². The maximum Gasteiger partial charge on any atom is 0.323 e. The number of hydrogen-bond acceptors (Lipinski definition) is 5. The van der Waals surface area contributed by atoms with Gasteiger partial charge < -0.3 is 14.4 Å². The van der Waals surface area contributed by atoms with E-state index in [0.29, 0.717) is 22.9 Å². The molecule has 4 aromatic rings. The first-order chi connectivity index (χ1) is 17.2. The third-order valence-electron chi connectivity index (χ3n) is 5.67. The Balaban J connectivity index is 0.000000325. The Morgan fingerprint density at radius 3 is 2.33 bits per heavy atom. The van der Waals surface area contributed by atoms with Crippen LogP contribution in [-0.4, -0.2) is 43.5 Å². The van der Waals surface area contributed by atoms with E-state index in [1.165, 1.54) is 0 Å². The second kappa shape index (κ2) is 11.0. The highest BCUT2D eigenvalue weighted by molar-refractivity contribution is 9.08. The molecule has 11 heteroatoms. The van der Waals surface area contributed by atoms with E-state index < -0.39 is 5.97 Å². The predicted molar refractivity (Wildman–Crippen MR) is 141 cm³/mol. The Hall–Kier alpha value is -2.98. The number of carboxylic acid groups (broad SMARTS) is 1. The van der Waals surface area contributed by atoms with Crippen LogP contribution >= 0.6 is 39.3 Å². The number of rotatable bonds is 5. The largest absolute Gasteiger partial charge is 0.480 e. The lowest BCUT2D eigenvalue weighted by Crippen LogP contribution is -2.16. The van der Waals surface area contributed by atoms with Gasteiger partial charge in [0.1, 0.15) is 6.54 Å². The average Bonchev–Trinajstić information content (AvgIpc) is 3.29. The number of carboxylic acids is 1. The molecule has 0 bridgehead atoms. The third-order valence-corrected chi connectivity index (χ3v) is 6.93. The molecular formula is C25H20BrCl2N3O5. The molecule has 0 spiro atoms. The van der Waals surface area contributed by atoms with Crippen molar-refractivity contribution in [1.29, 1.82) is 0 Å². The first kappa shape index (κ1) is 26.1. The summed E-state index contributed by atoms with van der Waals surface area (Å²) in [5, 5.41) is 12.4. The van der Waals surface area contributed by atoms with Crippen LogP contribution in [-0.2, 0) is 32.3 Å².